The Hall–Kier alpha value is -4.46. The number of hydrogen-bond donors (Lipinski definition) is 1. The molecule has 8 nitrogen and oxygen atoms in total. The number of hydrogen-bond acceptors (Lipinski definition) is 7. The average Bonchev–Trinajstić information content (AvgIpc) is 3.21. The quantitative estimate of drug-likeness (QED) is 0.229. The lowest BCUT2D eigenvalue weighted by Crippen LogP contribution is -2.29. The summed E-state index contributed by atoms with van der Waals surface area (Å²) in [7, 11) is 0. The summed E-state index contributed by atoms with van der Waals surface area (Å²) in [5, 5.41) is 11.5. The van der Waals surface area contributed by atoms with Crippen LogP contribution in [0.1, 0.15) is 43.0 Å². The SMILES string of the molecule is CCCOc1ccc([C@H]2/C(=C(\O)c3ccc4c(c3)OCCO4)C(=O)C(=O)N2Cc2ccccc2)cc1OCC. The molecule has 1 amide bonds. The molecule has 0 aromatic heterocycles. The number of rotatable bonds is 9. The number of nitrogens with zero attached hydrogens (tertiary/aromatic N) is 1. The molecule has 0 bridgehead atoms. The monoisotopic (exact) mass is 529 g/mol. The van der Waals surface area contributed by atoms with E-state index in [1.807, 2.05) is 44.2 Å². The smallest absolute Gasteiger partial charge is 0.295 e. The number of benzene rings is 3. The molecule has 8 heteroatoms. The molecule has 1 fully saturated rings. The molecule has 1 N–H and O–H groups in total. The van der Waals surface area contributed by atoms with Gasteiger partial charge in [0.05, 0.1) is 24.8 Å². The maximum absolute atomic E-state index is 13.5. The third-order valence-corrected chi connectivity index (χ3v) is 6.60. The highest BCUT2D eigenvalue weighted by atomic mass is 16.6. The van der Waals surface area contributed by atoms with E-state index >= 15 is 0 Å². The molecule has 0 spiro atoms. The van der Waals surface area contributed by atoms with Crippen molar-refractivity contribution in [3.63, 3.8) is 0 Å². The summed E-state index contributed by atoms with van der Waals surface area (Å²) >= 11 is 0. The van der Waals surface area contributed by atoms with Crippen LogP contribution >= 0.6 is 0 Å². The zero-order chi connectivity index (χ0) is 27.4. The zero-order valence-corrected chi connectivity index (χ0v) is 22.0. The minimum atomic E-state index is -0.849. The van der Waals surface area contributed by atoms with Crippen LogP contribution in [-0.4, -0.2) is 48.1 Å². The lowest BCUT2D eigenvalue weighted by molar-refractivity contribution is -0.140. The predicted octanol–water partition coefficient (Wildman–Crippen LogP) is 5.27. The predicted molar refractivity (Wildman–Crippen MR) is 145 cm³/mol. The van der Waals surface area contributed by atoms with Gasteiger partial charge in [0.1, 0.15) is 19.0 Å². The molecule has 202 valence electrons. The van der Waals surface area contributed by atoms with Crippen LogP contribution < -0.4 is 18.9 Å². The van der Waals surface area contributed by atoms with Gasteiger partial charge in [0.15, 0.2) is 23.0 Å². The average molecular weight is 530 g/mol. The van der Waals surface area contributed by atoms with Crippen molar-refractivity contribution in [3.8, 4) is 23.0 Å². The first kappa shape index (κ1) is 26.2. The molecule has 2 heterocycles. The fourth-order valence-electron chi connectivity index (χ4n) is 4.81. The van der Waals surface area contributed by atoms with E-state index in [-0.39, 0.29) is 17.9 Å². The van der Waals surface area contributed by atoms with Crippen LogP contribution in [0, 0.1) is 0 Å². The molecular weight excluding hydrogens is 498 g/mol. The Labute approximate surface area is 227 Å². The van der Waals surface area contributed by atoms with Gasteiger partial charge in [-0.05, 0) is 54.8 Å². The number of fused-ring (bicyclic) bond motifs is 1. The number of likely N-dealkylation sites (tertiary alicyclic amines) is 1. The van der Waals surface area contributed by atoms with E-state index in [0.29, 0.717) is 60.6 Å². The normalized spacial score (nSPS) is 17.8. The molecule has 3 aromatic carbocycles. The zero-order valence-electron chi connectivity index (χ0n) is 22.0. The lowest BCUT2D eigenvalue weighted by atomic mass is 9.94. The van der Waals surface area contributed by atoms with E-state index in [2.05, 4.69) is 0 Å². The van der Waals surface area contributed by atoms with Crippen molar-refractivity contribution >= 4 is 17.4 Å². The highest BCUT2D eigenvalue weighted by Crippen LogP contribution is 2.43. The van der Waals surface area contributed by atoms with Crippen molar-refractivity contribution in [2.45, 2.75) is 32.9 Å². The molecule has 39 heavy (non-hydrogen) atoms. The number of ketones is 1. The third-order valence-electron chi connectivity index (χ3n) is 6.60. The van der Waals surface area contributed by atoms with E-state index in [9.17, 15) is 14.7 Å². The molecule has 5 rings (SSSR count). The summed E-state index contributed by atoms with van der Waals surface area (Å²) in [4.78, 5) is 28.4. The Balaban J connectivity index is 1.63. The van der Waals surface area contributed by atoms with Gasteiger partial charge in [-0.3, -0.25) is 9.59 Å². The fraction of sp³-hybridized carbons (Fsp3) is 0.290. The van der Waals surface area contributed by atoms with Crippen LogP contribution in [0.2, 0.25) is 0 Å². The highest BCUT2D eigenvalue weighted by molar-refractivity contribution is 6.46. The standard InChI is InChI=1S/C31H31NO7/c1-3-14-37-23-12-10-21(17-25(23)36-4-2)28-27(29(33)22-11-13-24-26(18-22)39-16-15-38-24)30(34)31(35)32(28)19-20-8-6-5-7-9-20/h5-13,17-18,28,33H,3-4,14-16,19H2,1-2H3/b29-27+/t28-/m0/s1. The molecule has 0 unspecified atom stereocenters. The number of ether oxygens (including phenoxy) is 4. The Morgan fingerprint density at radius 1 is 0.923 bits per heavy atom. The first-order chi connectivity index (χ1) is 19.0. The first-order valence-corrected chi connectivity index (χ1v) is 13.1. The Morgan fingerprint density at radius 3 is 2.44 bits per heavy atom. The number of aliphatic hydroxyl groups is 1. The van der Waals surface area contributed by atoms with Gasteiger partial charge in [-0.25, -0.2) is 0 Å². The summed E-state index contributed by atoms with van der Waals surface area (Å²) in [5.74, 6) is 0.386. The fourth-order valence-corrected chi connectivity index (χ4v) is 4.81. The molecule has 3 aromatic rings. The van der Waals surface area contributed by atoms with Gasteiger partial charge in [-0.1, -0.05) is 43.3 Å². The van der Waals surface area contributed by atoms with Crippen LogP contribution in [0.25, 0.3) is 5.76 Å². The molecule has 1 atom stereocenters. The van der Waals surface area contributed by atoms with Gasteiger partial charge in [-0.2, -0.15) is 0 Å². The van der Waals surface area contributed by atoms with Crippen LogP contribution in [0.5, 0.6) is 23.0 Å². The molecule has 2 aliphatic heterocycles. The Kier molecular flexibility index (Phi) is 7.72. The Bertz CT molecular complexity index is 1400. The minimum absolute atomic E-state index is 0.00251. The van der Waals surface area contributed by atoms with Gasteiger partial charge in [0.2, 0.25) is 0 Å². The second-order valence-electron chi connectivity index (χ2n) is 9.26. The number of carbonyl (C=O) groups is 2. The summed E-state index contributed by atoms with van der Waals surface area (Å²) in [6.07, 6.45) is 0.833. The lowest BCUT2D eigenvalue weighted by Gasteiger charge is -2.26. The minimum Gasteiger partial charge on any atom is -0.507 e. The van der Waals surface area contributed by atoms with Crippen LogP contribution in [-0.2, 0) is 16.1 Å². The van der Waals surface area contributed by atoms with Crippen molar-refractivity contribution < 1.29 is 33.6 Å². The van der Waals surface area contributed by atoms with Crippen molar-refractivity contribution in [1.29, 1.82) is 0 Å². The number of Topliss-reactive ketones (excluding diaryl/α,β-unsaturated/α-hetero) is 1. The molecule has 0 saturated carbocycles. The Morgan fingerprint density at radius 2 is 1.69 bits per heavy atom. The number of amides is 1. The van der Waals surface area contributed by atoms with E-state index in [4.69, 9.17) is 18.9 Å². The van der Waals surface area contributed by atoms with Crippen molar-refractivity contribution in [3.05, 3.63) is 89.0 Å². The molecule has 2 aliphatic rings. The number of aliphatic hydroxyl groups excluding tert-OH is 1. The summed E-state index contributed by atoms with van der Waals surface area (Å²) in [5.41, 5.74) is 1.83. The third kappa shape index (κ3) is 5.27. The van der Waals surface area contributed by atoms with Gasteiger partial charge in [-0.15, -0.1) is 0 Å². The second-order valence-corrected chi connectivity index (χ2v) is 9.26. The van der Waals surface area contributed by atoms with Crippen molar-refractivity contribution in [2.75, 3.05) is 26.4 Å². The van der Waals surface area contributed by atoms with Gasteiger partial charge >= 0.3 is 0 Å². The molecule has 1 saturated heterocycles. The van der Waals surface area contributed by atoms with E-state index in [0.717, 1.165) is 12.0 Å². The van der Waals surface area contributed by atoms with Crippen LogP contribution in [0.3, 0.4) is 0 Å². The summed E-state index contributed by atoms with van der Waals surface area (Å²) in [6, 6.07) is 18.9. The maximum Gasteiger partial charge on any atom is 0.295 e. The largest absolute Gasteiger partial charge is 0.507 e. The van der Waals surface area contributed by atoms with Gasteiger partial charge in [0.25, 0.3) is 11.7 Å². The first-order valence-electron chi connectivity index (χ1n) is 13.1. The highest BCUT2D eigenvalue weighted by Gasteiger charge is 2.46. The van der Waals surface area contributed by atoms with E-state index in [1.54, 1.807) is 36.4 Å². The van der Waals surface area contributed by atoms with Crippen molar-refractivity contribution in [2.24, 2.45) is 0 Å². The molecule has 0 aliphatic carbocycles. The van der Waals surface area contributed by atoms with Gasteiger partial charge < -0.3 is 29.0 Å². The summed E-state index contributed by atoms with van der Waals surface area (Å²) in [6.45, 7) is 5.83. The number of carbonyl (C=O) groups excluding carboxylic acids is 2. The van der Waals surface area contributed by atoms with Crippen LogP contribution in [0.4, 0.5) is 0 Å². The van der Waals surface area contributed by atoms with E-state index < -0.39 is 17.7 Å². The second kappa shape index (κ2) is 11.5. The maximum atomic E-state index is 13.5. The van der Waals surface area contributed by atoms with Gasteiger partial charge in [0, 0.05) is 12.1 Å². The summed E-state index contributed by atoms with van der Waals surface area (Å²) < 4.78 is 23.0. The van der Waals surface area contributed by atoms with E-state index in [1.165, 1.54) is 4.90 Å². The topological polar surface area (TPSA) is 94.5 Å². The van der Waals surface area contributed by atoms with Crippen LogP contribution in [0.15, 0.2) is 72.3 Å². The molecule has 0 radical (unpaired) electrons. The van der Waals surface area contributed by atoms with Crippen molar-refractivity contribution in [1.82, 2.24) is 4.90 Å². The molecular formula is C31H31NO7.